The van der Waals surface area contributed by atoms with E-state index in [0.29, 0.717) is 29.1 Å². The van der Waals surface area contributed by atoms with Crippen LogP contribution in [-0.2, 0) is 9.59 Å². The molecule has 0 fully saturated rings. The Labute approximate surface area is 189 Å². The number of hydrogen-bond acceptors (Lipinski definition) is 7. The van der Waals surface area contributed by atoms with Gasteiger partial charge in [0, 0.05) is 24.2 Å². The van der Waals surface area contributed by atoms with Crippen LogP contribution in [0.5, 0.6) is 5.75 Å². The number of carbonyl (C=O) groups is 2. The lowest BCUT2D eigenvalue weighted by molar-refractivity contribution is -0.116. The van der Waals surface area contributed by atoms with Crippen LogP contribution < -0.4 is 20.9 Å². The Morgan fingerprint density at radius 1 is 1.12 bits per heavy atom. The molecule has 32 heavy (non-hydrogen) atoms. The van der Waals surface area contributed by atoms with Crippen LogP contribution in [0.25, 0.3) is 11.3 Å². The first kappa shape index (κ1) is 23.0. The Morgan fingerprint density at radius 3 is 2.59 bits per heavy atom. The van der Waals surface area contributed by atoms with Gasteiger partial charge in [-0.05, 0) is 24.6 Å². The Morgan fingerprint density at radius 2 is 1.91 bits per heavy atom. The molecular weight excluding hydrogens is 430 g/mol. The van der Waals surface area contributed by atoms with Gasteiger partial charge in [-0.3, -0.25) is 19.4 Å². The van der Waals surface area contributed by atoms with Crippen molar-refractivity contribution in [1.82, 2.24) is 15.2 Å². The van der Waals surface area contributed by atoms with Crippen molar-refractivity contribution in [2.75, 3.05) is 17.7 Å². The molecule has 3 N–H and O–H groups in total. The fourth-order valence-electron chi connectivity index (χ4n) is 2.92. The average molecular weight is 454 g/mol. The first-order valence-electron chi connectivity index (χ1n) is 9.86. The van der Waals surface area contributed by atoms with Crippen LogP contribution in [0.3, 0.4) is 0 Å². The van der Waals surface area contributed by atoms with E-state index in [9.17, 15) is 14.4 Å². The number of thioether (sulfide) groups is 1. The van der Waals surface area contributed by atoms with Crippen molar-refractivity contribution in [3.05, 3.63) is 58.9 Å². The van der Waals surface area contributed by atoms with Crippen molar-refractivity contribution >= 4 is 35.0 Å². The lowest BCUT2D eigenvalue weighted by Gasteiger charge is -2.14. The van der Waals surface area contributed by atoms with Crippen molar-refractivity contribution in [3.8, 4) is 17.0 Å². The second-order valence-electron chi connectivity index (χ2n) is 6.77. The van der Waals surface area contributed by atoms with E-state index in [-0.39, 0.29) is 22.7 Å². The second kappa shape index (κ2) is 10.6. The summed E-state index contributed by atoms with van der Waals surface area (Å²) in [5.41, 5.74) is 1.13. The Hall–Kier alpha value is -3.66. The molecule has 0 spiro atoms. The molecule has 0 aliphatic heterocycles. The van der Waals surface area contributed by atoms with Gasteiger partial charge in [0.25, 0.3) is 5.56 Å². The number of benzene rings is 2. The molecule has 1 heterocycles. The molecule has 0 radical (unpaired) electrons. The minimum Gasteiger partial charge on any atom is -0.497 e. The van der Waals surface area contributed by atoms with E-state index in [1.54, 1.807) is 55.6 Å². The zero-order valence-corrected chi connectivity index (χ0v) is 18.7. The third-order valence-corrected chi connectivity index (χ3v) is 5.66. The minimum atomic E-state index is -0.497. The Bertz CT molecular complexity index is 1180. The highest BCUT2D eigenvalue weighted by molar-refractivity contribution is 8.00. The van der Waals surface area contributed by atoms with Gasteiger partial charge in [0.15, 0.2) is 10.9 Å². The summed E-state index contributed by atoms with van der Waals surface area (Å²) in [5.74, 6) is 0.143. The number of aromatic nitrogens is 3. The topological polar surface area (TPSA) is 126 Å². The van der Waals surface area contributed by atoms with Gasteiger partial charge < -0.3 is 15.4 Å². The largest absolute Gasteiger partial charge is 0.497 e. The zero-order valence-electron chi connectivity index (χ0n) is 17.8. The number of rotatable bonds is 8. The maximum Gasteiger partial charge on any atom is 0.278 e. The smallest absolute Gasteiger partial charge is 0.278 e. The monoisotopic (exact) mass is 453 g/mol. The predicted molar refractivity (Wildman–Crippen MR) is 124 cm³/mol. The Balaban J connectivity index is 1.77. The standard InChI is InChI=1S/C22H23N5O4S/c1-4-18(20(29)24-14-8-7-9-15(12-14)31-3)32-22-25-21(30)19(26-27-22)16-10-5-6-11-17(16)23-13(2)28/h5-12,18H,4H2,1-3H3,(H,23,28)(H,24,29)(H,25,27,30)/t18-/m0/s1. The third-order valence-electron chi connectivity index (χ3n) is 4.42. The summed E-state index contributed by atoms with van der Waals surface area (Å²) in [5, 5.41) is 13.4. The van der Waals surface area contributed by atoms with Crippen molar-refractivity contribution < 1.29 is 14.3 Å². The van der Waals surface area contributed by atoms with Crippen LogP contribution in [0, 0.1) is 0 Å². The molecule has 2 aromatic carbocycles. The molecule has 0 saturated carbocycles. The van der Waals surface area contributed by atoms with E-state index in [1.165, 1.54) is 6.92 Å². The molecular formula is C22H23N5O4S. The summed E-state index contributed by atoms with van der Waals surface area (Å²) < 4.78 is 5.17. The molecule has 9 nitrogen and oxygen atoms in total. The molecule has 3 aromatic rings. The van der Waals surface area contributed by atoms with Crippen molar-refractivity contribution in [2.24, 2.45) is 0 Å². The predicted octanol–water partition coefficient (Wildman–Crippen LogP) is 3.31. The summed E-state index contributed by atoms with van der Waals surface area (Å²) >= 11 is 1.12. The van der Waals surface area contributed by atoms with Gasteiger partial charge in [0.05, 0.1) is 18.0 Å². The summed E-state index contributed by atoms with van der Waals surface area (Å²) in [7, 11) is 1.55. The van der Waals surface area contributed by atoms with Gasteiger partial charge in [-0.1, -0.05) is 43.0 Å². The highest BCUT2D eigenvalue weighted by Gasteiger charge is 2.21. The molecule has 2 amide bonds. The summed E-state index contributed by atoms with van der Waals surface area (Å²) in [6, 6.07) is 13.9. The SMILES string of the molecule is CC[C@H](Sc1nnc(-c2ccccc2NC(C)=O)c(=O)[nH]1)C(=O)Nc1cccc(OC)c1. The van der Waals surface area contributed by atoms with E-state index in [1.807, 2.05) is 6.92 Å². The first-order chi connectivity index (χ1) is 15.4. The number of para-hydroxylation sites is 1. The minimum absolute atomic E-state index is 0.0765. The highest BCUT2D eigenvalue weighted by atomic mass is 32.2. The molecule has 0 bridgehead atoms. The van der Waals surface area contributed by atoms with Crippen LogP contribution in [-0.4, -0.2) is 39.4 Å². The Kier molecular flexibility index (Phi) is 7.61. The van der Waals surface area contributed by atoms with Gasteiger partial charge in [0.2, 0.25) is 11.8 Å². The van der Waals surface area contributed by atoms with Crippen molar-refractivity contribution in [3.63, 3.8) is 0 Å². The molecule has 0 aliphatic rings. The number of ether oxygens (including phenoxy) is 1. The summed E-state index contributed by atoms with van der Waals surface area (Å²) in [6.45, 7) is 3.25. The van der Waals surface area contributed by atoms with E-state index < -0.39 is 10.8 Å². The molecule has 0 unspecified atom stereocenters. The van der Waals surface area contributed by atoms with Crippen LogP contribution in [0.2, 0.25) is 0 Å². The lowest BCUT2D eigenvalue weighted by atomic mass is 10.1. The van der Waals surface area contributed by atoms with Gasteiger partial charge >= 0.3 is 0 Å². The molecule has 0 aliphatic carbocycles. The van der Waals surface area contributed by atoms with E-state index in [4.69, 9.17) is 4.74 Å². The number of aromatic amines is 1. The highest BCUT2D eigenvalue weighted by Crippen LogP contribution is 2.26. The fraction of sp³-hybridized carbons (Fsp3) is 0.227. The van der Waals surface area contributed by atoms with Crippen LogP contribution >= 0.6 is 11.8 Å². The van der Waals surface area contributed by atoms with E-state index >= 15 is 0 Å². The summed E-state index contributed by atoms with van der Waals surface area (Å²) in [4.78, 5) is 39.5. The number of carbonyl (C=O) groups excluding carboxylic acids is 2. The maximum absolute atomic E-state index is 12.7. The van der Waals surface area contributed by atoms with E-state index in [2.05, 4.69) is 25.8 Å². The van der Waals surface area contributed by atoms with Crippen molar-refractivity contribution in [2.45, 2.75) is 30.7 Å². The molecule has 166 valence electrons. The second-order valence-corrected chi connectivity index (χ2v) is 7.96. The van der Waals surface area contributed by atoms with Crippen LogP contribution in [0.1, 0.15) is 20.3 Å². The number of H-pyrrole nitrogens is 1. The molecule has 10 heteroatoms. The quantitative estimate of drug-likeness (QED) is 0.447. The van der Waals surface area contributed by atoms with Gasteiger partial charge in [-0.25, -0.2) is 0 Å². The van der Waals surface area contributed by atoms with E-state index in [0.717, 1.165) is 11.8 Å². The fourth-order valence-corrected chi connectivity index (χ4v) is 3.76. The summed E-state index contributed by atoms with van der Waals surface area (Å²) in [6.07, 6.45) is 0.511. The average Bonchev–Trinajstić information content (AvgIpc) is 2.78. The third kappa shape index (κ3) is 5.73. The number of hydrogen-bond donors (Lipinski definition) is 3. The lowest BCUT2D eigenvalue weighted by Crippen LogP contribution is -2.25. The van der Waals surface area contributed by atoms with Crippen LogP contribution in [0.15, 0.2) is 58.5 Å². The van der Waals surface area contributed by atoms with Crippen LogP contribution in [0.4, 0.5) is 11.4 Å². The number of amides is 2. The molecule has 3 rings (SSSR count). The van der Waals surface area contributed by atoms with Gasteiger partial charge in [-0.2, -0.15) is 0 Å². The van der Waals surface area contributed by atoms with Gasteiger partial charge in [0.1, 0.15) is 5.75 Å². The van der Waals surface area contributed by atoms with Gasteiger partial charge in [-0.15, -0.1) is 10.2 Å². The molecule has 1 aromatic heterocycles. The molecule has 0 saturated heterocycles. The first-order valence-corrected chi connectivity index (χ1v) is 10.7. The zero-order chi connectivity index (χ0) is 23.1. The van der Waals surface area contributed by atoms with Crippen molar-refractivity contribution in [1.29, 1.82) is 0 Å². The maximum atomic E-state index is 12.7. The number of anilines is 2. The number of methoxy groups -OCH3 is 1. The molecule has 1 atom stereocenters. The number of nitrogens with one attached hydrogen (secondary N) is 3. The normalized spacial score (nSPS) is 11.5. The number of nitrogens with zero attached hydrogens (tertiary/aromatic N) is 2.